The van der Waals surface area contributed by atoms with Crippen molar-refractivity contribution in [1.29, 1.82) is 0 Å². The lowest BCUT2D eigenvalue weighted by Crippen LogP contribution is -2.27. The average Bonchev–Trinajstić information content (AvgIpc) is 2.99. The Morgan fingerprint density at radius 2 is 1.79 bits per heavy atom. The van der Waals surface area contributed by atoms with Crippen LogP contribution >= 0.6 is 11.3 Å². The number of hydrogen-bond acceptors (Lipinski definition) is 3. The van der Waals surface area contributed by atoms with Crippen molar-refractivity contribution in [2.24, 2.45) is 4.99 Å². The summed E-state index contributed by atoms with van der Waals surface area (Å²) < 4.78 is 55.1. The molecule has 146 valence electrons. The van der Waals surface area contributed by atoms with Crippen molar-refractivity contribution >= 4 is 33.4 Å². The molecule has 1 unspecified atom stereocenters. The summed E-state index contributed by atoms with van der Waals surface area (Å²) in [5.41, 5.74) is -0.229. The molecule has 0 bridgehead atoms. The molecule has 0 aliphatic rings. The molecule has 3 rings (SSSR count). The van der Waals surface area contributed by atoms with Gasteiger partial charge in [0.05, 0.1) is 10.2 Å². The maximum Gasteiger partial charge on any atom is 0.326 e. The van der Waals surface area contributed by atoms with E-state index < -0.39 is 41.2 Å². The first-order valence-electron chi connectivity index (χ1n) is 8.00. The predicted octanol–water partition coefficient (Wildman–Crippen LogP) is 4.04. The molecule has 3 aromatic rings. The first kappa shape index (κ1) is 19.7. The molecule has 0 saturated heterocycles. The number of halogens is 4. The van der Waals surface area contributed by atoms with Gasteiger partial charge in [-0.25, -0.2) is 22.4 Å². The maximum absolute atomic E-state index is 14.2. The Bertz CT molecular complexity index is 1170. The van der Waals surface area contributed by atoms with E-state index in [-0.39, 0.29) is 27.0 Å². The second-order valence-corrected chi connectivity index (χ2v) is 6.75. The molecule has 2 aromatic carbocycles. The number of aliphatic carboxylic acids is 1. The molecule has 1 N–H and O–H groups in total. The zero-order valence-electron chi connectivity index (χ0n) is 14.2. The van der Waals surface area contributed by atoms with Crippen LogP contribution in [0.25, 0.3) is 10.2 Å². The predicted molar refractivity (Wildman–Crippen MR) is 92.9 cm³/mol. The Kier molecular flexibility index (Phi) is 5.32. The summed E-state index contributed by atoms with van der Waals surface area (Å²) in [6.45, 7) is 1.57. The molecule has 5 nitrogen and oxygen atoms in total. The van der Waals surface area contributed by atoms with Gasteiger partial charge in [-0.2, -0.15) is 4.99 Å². The smallest absolute Gasteiger partial charge is 0.326 e. The third-order valence-corrected chi connectivity index (χ3v) is 5.10. The summed E-state index contributed by atoms with van der Waals surface area (Å²) in [6, 6.07) is 3.24. The van der Waals surface area contributed by atoms with Gasteiger partial charge >= 0.3 is 5.97 Å². The number of carboxylic acid groups (broad SMARTS) is 1. The van der Waals surface area contributed by atoms with Crippen LogP contribution < -0.4 is 4.80 Å². The van der Waals surface area contributed by atoms with Crippen LogP contribution in [-0.4, -0.2) is 21.6 Å². The highest BCUT2D eigenvalue weighted by molar-refractivity contribution is 7.16. The number of hydrogen-bond donors (Lipinski definition) is 1. The highest BCUT2D eigenvalue weighted by Crippen LogP contribution is 2.27. The van der Waals surface area contributed by atoms with Crippen LogP contribution in [0.1, 0.15) is 29.7 Å². The fourth-order valence-corrected chi connectivity index (χ4v) is 3.77. The Hall–Kier alpha value is -3.01. The third kappa shape index (κ3) is 3.42. The van der Waals surface area contributed by atoms with Crippen molar-refractivity contribution in [3.63, 3.8) is 0 Å². The number of benzene rings is 2. The topological polar surface area (TPSA) is 71.7 Å². The van der Waals surface area contributed by atoms with Crippen molar-refractivity contribution < 1.29 is 32.3 Å². The number of carbonyl (C=O) groups is 2. The normalized spacial score (nSPS) is 13.1. The summed E-state index contributed by atoms with van der Waals surface area (Å²) >= 11 is 0.585. The number of nitrogens with zero attached hydrogens (tertiary/aromatic N) is 2. The van der Waals surface area contributed by atoms with E-state index in [1.807, 2.05) is 0 Å². The number of carboxylic acids is 1. The minimum Gasteiger partial charge on any atom is -0.480 e. The van der Waals surface area contributed by atoms with Crippen LogP contribution in [0.3, 0.4) is 0 Å². The molecule has 0 saturated carbocycles. The van der Waals surface area contributed by atoms with Crippen molar-refractivity contribution in [2.45, 2.75) is 19.4 Å². The van der Waals surface area contributed by atoms with E-state index >= 15 is 0 Å². The molecular weight excluding hydrogens is 400 g/mol. The first-order valence-corrected chi connectivity index (χ1v) is 8.82. The molecule has 0 aliphatic carbocycles. The van der Waals surface area contributed by atoms with Gasteiger partial charge in [0.1, 0.15) is 6.04 Å². The number of aromatic nitrogens is 1. The molecule has 1 atom stereocenters. The van der Waals surface area contributed by atoms with Gasteiger partial charge < -0.3 is 9.67 Å². The van der Waals surface area contributed by atoms with Gasteiger partial charge in [0.25, 0.3) is 5.91 Å². The summed E-state index contributed by atoms with van der Waals surface area (Å²) in [7, 11) is 0. The van der Waals surface area contributed by atoms with Crippen LogP contribution in [-0.2, 0) is 4.79 Å². The zero-order valence-corrected chi connectivity index (χ0v) is 15.1. The van der Waals surface area contributed by atoms with Crippen LogP contribution in [0.15, 0.2) is 35.3 Å². The average molecular weight is 412 g/mol. The van der Waals surface area contributed by atoms with E-state index in [2.05, 4.69) is 4.99 Å². The maximum atomic E-state index is 14.2. The molecule has 28 heavy (non-hydrogen) atoms. The second-order valence-electron chi connectivity index (χ2n) is 5.77. The first-order chi connectivity index (χ1) is 13.2. The SMILES string of the molecule is CCC(C(=O)O)n1c(=NC(=O)c2ccc(F)c(F)c2)sc2c(F)c(F)ccc21. The molecule has 0 fully saturated rings. The number of carbonyl (C=O) groups excluding carboxylic acids is 1. The quantitative estimate of drug-likeness (QED) is 0.658. The summed E-state index contributed by atoms with van der Waals surface area (Å²) in [5, 5.41) is 9.47. The zero-order chi connectivity index (χ0) is 20.6. The molecule has 1 heterocycles. The fraction of sp³-hybridized carbons (Fsp3) is 0.167. The van der Waals surface area contributed by atoms with Gasteiger partial charge in [-0.15, -0.1) is 0 Å². The van der Waals surface area contributed by atoms with Crippen LogP contribution in [0.4, 0.5) is 17.6 Å². The number of thiazole rings is 1. The third-order valence-electron chi connectivity index (χ3n) is 4.04. The fourth-order valence-electron chi connectivity index (χ4n) is 2.68. The van der Waals surface area contributed by atoms with E-state index in [0.29, 0.717) is 17.4 Å². The van der Waals surface area contributed by atoms with Gasteiger partial charge in [0.2, 0.25) is 0 Å². The molecule has 0 spiro atoms. The lowest BCUT2D eigenvalue weighted by atomic mass is 10.2. The minimum absolute atomic E-state index is 0.0509. The van der Waals surface area contributed by atoms with Crippen LogP contribution in [0.2, 0.25) is 0 Å². The van der Waals surface area contributed by atoms with Gasteiger partial charge in [0, 0.05) is 5.56 Å². The molecule has 10 heteroatoms. The monoisotopic (exact) mass is 412 g/mol. The van der Waals surface area contributed by atoms with E-state index in [0.717, 1.165) is 22.8 Å². The summed E-state index contributed by atoms with van der Waals surface area (Å²) in [6.07, 6.45) is 0.0761. The molecule has 1 amide bonds. The summed E-state index contributed by atoms with van der Waals surface area (Å²) in [4.78, 5) is 27.5. The minimum atomic E-state index is -1.26. The van der Waals surface area contributed by atoms with Crippen molar-refractivity contribution in [2.75, 3.05) is 0 Å². The van der Waals surface area contributed by atoms with Gasteiger partial charge in [-0.05, 0) is 36.8 Å². The van der Waals surface area contributed by atoms with Gasteiger partial charge in [-0.1, -0.05) is 18.3 Å². The molecular formula is C18H12F4N2O3S. The highest BCUT2D eigenvalue weighted by atomic mass is 32.1. The van der Waals surface area contributed by atoms with Crippen molar-refractivity contribution in [1.82, 2.24) is 4.57 Å². The number of fused-ring (bicyclic) bond motifs is 1. The molecule has 0 aliphatic heterocycles. The standard InChI is InChI=1S/C18H12F4N2O3S/c1-2-12(17(26)27)24-13-6-5-10(20)14(22)15(13)28-18(24)23-16(25)8-3-4-9(19)11(21)7-8/h3-7,12H,2H2,1H3,(H,26,27). The van der Waals surface area contributed by atoms with E-state index in [1.54, 1.807) is 6.92 Å². The van der Waals surface area contributed by atoms with E-state index in [4.69, 9.17) is 0 Å². The van der Waals surface area contributed by atoms with E-state index in [9.17, 15) is 32.3 Å². The van der Waals surface area contributed by atoms with Crippen LogP contribution in [0.5, 0.6) is 0 Å². The highest BCUT2D eigenvalue weighted by Gasteiger charge is 2.24. The van der Waals surface area contributed by atoms with Crippen molar-refractivity contribution in [3.05, 3.63) is 64.0 Å². The Morgan fingerprint density at radius 3 is 2.39 bits per heavy atom. The number of rotatable bonds is 4. The molecule has 1 aromatic heterocycles. The Morgan fingerprint density at radius 1 is 1.11 bits per heavy atom. The number of amides is 1. The second kappa shape index (κ2) is 7.55. The molecule has 0 radical (unpaired) electrons. The van der Waals surface area contributed by atoms with Crippen LogP contribution in [0, 0.1) is 23.3 Å². The van der Waals surface area contributed by atoms with Crippen molar-refractivity contribution in [3.8, 4) is 0 Å². The van der Waals surface area contributed by atoms with E-state index in [1.165, 1.54) is 6.07 Å². The van der Waals surface area contributed by atoms with Gasteiger partial charge in [0.15, 0.2) is 28.1 Å². The lowest BCUT2D eigenvalue weighted by Gasteiger charge is -2.13. The summed E-state index contributed by atoms with van der Waals surface area (Å²) in [5.74, 6) is -6.98. The lowest BCUT2D eigenvalue weighted by molar-refractivity contribution is -0.140. The largest absolute Gasteiger partial charge is 0.480 e. The Balaban J connectivity index is 2.27. The Labute approximate surface area is 159 Å². The van der Waals surface area contributed by atoms with Gasteiger partial charge in [-0.3, -0.25) is 4.79 Å².